The van der Waals surface area contributed by atoms with Crippen molar-refractivity contribution < 1.29 is 21.1 Å². The van der Waals surface area contributed by atoms with Gasteiger partial charge in [-0.05, 0) is 32.0 Å². The number of hydrogen-bond acceptors (Lipinski definition) is 1. The van der Waals surface area contributed by atoms with Crippen LogP contribution in [0.25, 0.3) is 5.32 Å². The summed E-state index contributed by atoms with van der Waals surface area (Å²) in [6.07, 6.45) is 4.15. The summed E-state index contributed by atoms with van der Waals surface area (Å²) < 4.78 is 0. The van der Waals surface area contributed by atoms with Gasteiger partial charge in [-0.3, -0.25) is 0 Å². The van der Waals surface area contributed by atoms with Crippen molar-refractivity contribution in [1.82, 2.24) is 4.90 Å². The monoisotopic (exact) mass is 323 g/mol. The molecule has 3 heteroatoms. The van der Waals surface area contributed by atoms with Crippen molar-refractivity contribution in [3.63, 3.8) is 0 Å². The van der Waals surface area contributed by atoms with Gasteiger partial charge in [-0.15, -0.1) is 13.1 Å². The van der Waals surface area contributed by atoms with E-state index in [1.807, 2.05) is 0 Å². The zero-order valence-electron chi connectivity index (χ0n) is 6.83. The van der Waals surface area contributed by atoms with Gasteiger partial charge in [-0.25, -0.2) is 0 Å². The molecule has 0 saturated carbocycles. The van der Waals surface area contributed by atoms with E-state index in [1.165, 1.54) is 32.4 Å². The quantitative estimate of drug-likeness (QED) is 0.709. The smallest absolute Gasteiger partial charge is 0 e. The Labute approximate surface area is 83.0 Å². The summed E-state index contributed by atoms with van der Waals surface area (Å²) in [6.45, 7) is 4.89. The Balaban J connectivity index is 0.000000605. The largest absolute Gasteiger partial charge is 0.661 e. The van der Waals surface area contributed by atoms with Gasteiger partial charge in [0.05, 0.1) is 0 Å². The van der Waals surface area contributed by atoms with E-state index < -0.39 is 0 Å². The van der Waals surface area contributed by atoms with Crippen LogP contribution in [0, 0.1) is 0 Å². The summed E-state index contributed by atoms with van der Waals surface area (Å²) in [6, 6.07) is 0.822. The maximum atomic E-state index is 4.37. The standard InChI is InChI=1S/C8H15N2.W/c1-2-6-10(5-1)8-3-4-9-7-8;/h8H,1-7H2;/q-1;. The Morgan fingerprint density at radius 1 is 1.18 bits per heavy atom. The molecule has 0 amide bonds. The average molecular weight is 323 g/mol. The molecule has 2 aliphatic heterocycles. The van der Waals surface area contributed by atoms with Gasteiger partial charge >= 0.3 is 0 Å². The van der Waals surface area contributed by atoms with Crippen LogP contribution < -0.4 is 0 Å². The van der Waals surface area contributed by atoms with Crippen LogP contribution >= 0.6 is 0 Å². The second-order valence-corrected chi connectivity index (χ2v) is 3.32. The maximum Gasteiger partial charge on any atom is 0 e. The molecule has 0 aromatic carbocycles. The second kappa shape index (κ2) is 4.59. The number of hydrogen-bond donors (Lipinski definition) is 0. The first-order chi connectivity index (χ1) is 4.97. The molecule has 1 unspecified atom stereocenters. The van der Waals surface area contributed by atoms with Crippen LogP contribution in [0.1, 0.15) is 19.3 Å². The molecular weight excluding hydrogens is 308 g/mol. The van der Waals surface area contributed by atoms with Crippen molar-refractivity contribution in [3.05, 3.63) is 5.32 Å². The molecule has 2 saturated heterocycles. The van der Waals surface area contributed by atoms with Crippen molar-refractivity contribution in [3.8, 4) is 0 Å². The van der Waals surface area contributed by atoms with Gasteiger partial charge in [0.25, 0.3) is 0 Å². The summed E-state index contributed by atoms with van der Waals surface area (Å²) in [5.74, 6) is 0. The van der Waals surface area contributed by atoms with Crippen molar-refractivity contribution in [2.24, 2.45) is 0 Å². The summed E-state index contributed by atoms with van der Waals surface area (Å²) in [5.41, 5.74) is 0. The first kappa shape index (κ1) is 9.69. The topological polar surface area (TPSA) is 17.3 Å². The van der Waals surface area contributed by atoms with Crippen molar-refractivity contribution in [2.45, 2.75) is 25.3 Å². The molecule has 2 nitrogen and oxygen atoms in total. The first-order valence-electron chi connectivity index (χ1n) is 4.34. The van der Waals surface area contributed by atoms with E-state index in [0.29, 0.717) is 0 Å². The minimum Gasteiger partial charge on any atom is -0.661 e. The SMILES string of the molecule is C1CCN(C2CC[N-]C2)C1.[W]. The van der Waals surface area contributed by atoms with Gasteiger partial charge in [0.2, 0.25) is 0 Å². The van der Waals surface area contributed by atoms with Gasteiger partial charge in [0, 0.05) is 21.1 Å². The fourth-order valence-electron chi connectivity index (χ4n) is 1.98. The molecule has 0 bridgehead atoms. The Kier molecular flexibility index (Phi) is 4.04. The molecule has 2 rings (SSSR count). The third-order valence-electron chi connectivity index (χ3n) is 2.62. The maximum absolute atomic E-state index is 4.37. The molecule has 0 aromatic heterocycles. The van der Waals surface area contributed by atoms with Crippen LogP contribution in [0.5, 0.6) is 0 Å². The Morgan fingerprint density at radius 3 is 2.45 bits per heavy atom. The van der Waals surface area contributed by atoms with Gasteiger partial charge < -0.3 is 10.2 Å². The average Bonchev–Trinajstić information content (AvgIpc) is 2.59. The van der Waals surface area contributed by atoms with Gasteiger partial charge in [-0.2, -0.15) is 0 Å². The Hall–Kier alpha value is 0.608. The molecule has 0 spiro atoms. The fourth-order valence-corrected chi connectivity index (χ4v) is 1.98. The molecule has 64 valence electrons. The summed E-state index contributed by atoms with van der Waals surface area (Å²) >= 11 is 0. The Bertz CT molecular complexity index is 92.7. The number of rotatable bonds is 1. The molecule has 1 atom stereocenters. The molecule has 11 heavy (non-hydrogen) atoms. The van der Waals surface area contributed by atoms with E-state index in [1.54, 1.807) is 0 Å². The van der Waals surface area contributed by atoms with Gasteiger partial charge in [0.15, 0.2) is 0 Å². The normalized spacial score (nSPS) is 32.2. The first-order valence-corrected chi connectivity index (χ1v) is 4.34. The van der Waals surface area contributed by atoms with Gasteiger partial charge in [0.1, 0.15) is 0 Å². The molecule has 2 aliphatic rings. The summed E-state index contributed by atoms with van der Waals surface area (Å²) in [4.78, 5) is 2.61. The molecule has 2 fully saturated rings. The van der Waals surface area contributed by atoms with Crippen LogP contribution in [-0.2, 0) is 21.1 Å². The van der Waals surface area contributed by atoms with Crippen LogP contribution in [0.2, 0.25) is 0 Å². The van der Waals surface area contributed by atoms with E-state index in [2.05, 4.69) is 10.2 Å². The van der Waals surface area contributed by atoms with Crippen LogP contribution in [0.4, 0.5) is 0 Å². The molecule has 0 radical (unpaired) electrons. The van der Waals surface area contributed by atoms with Crippen molar-refractivity contribution >= 4 is 0 Å². The number of nitrogens with zero attached hydrogens (tertiary/aromatic N) is 2. The zero-order chi connectivity index (χ0) is 6.81. The number of likely N-dealkylation sites (tertiary alicyclic amines) is 1. The summed E-state index contributed by atoms with van der Waals surface area (Å²) in [7, 11) is 0. The van der Waals surface area contributed by atoms with Crippen molar-refractivity contribution in [2.75, 3.05) is 26.2 Å². The predicted molar refractivity (Wildman–Crippen MR) is 42.3 cm³/mol. The molecular formula is C8H15N2W-. The zero-order valence-corrected chi connectivity index (χ0v) is 9.76. The van der Waals surface area contributed by atoms with Crippen LogP contribution in [0.3, 0.4) is 0 Å². The van der Waals surface area contributed by atoms with Gasteiger partial charge in [-0.1, -0.05) is 6.42 Å². The van der Waals surface area contributed by atoms with Crippen LogP contribution in [-0.4, -0.2) is 37.1 Å². The van der Waals surface area contributed by atoms with Crippen LogP contribution in [0.15, 0.2) is 0 Å². The second-order valence-electron chi connectivity index (χ2n) is 3.32. The van der Waals surface area contributed by atoms with Crippen molar-refractivity contribution in [1.29, 1.82) is 0 Å². The molecule has 0 N–H and O–H groups in total. The van der Waals surface area contributed by atoms with E-state index in [-0.39, 0.29) is 21.1 Å². The Morgan fingerprint density at radius 2 is 1.91 bits per heavy atom. The third kappa shape index (κ3) is 2.27. The van der Waals surface area contributed by atoms with E-state index in [4.69, 9.17) is 0 Å². The minimum absolute atomic E-state index is 0. The molecule has 2 heterocycles. The molecule has 0 aliphatic carbocycles. The van der Waals surface area contributed by atoms with E-state index in [0.717, 1.165) is 19.1 Å². The third-order valence-corrected chi connectivity index (χ3v) is 2.62. The predicted octanol–water partition coefficient (Wildman–Crippen LogP) is 1.23. The molecule has 0 aromatic rings. The van der Waals surface area contributed by atoms with E-state index >= 15 is 0 Å². The minimum atomic E-state index is 0. The summed E-state index contributed by atoms with van der Waals surface area (Å²) in [5, 5.41) is 4.37. The fraction of sp³-hybridized carbons (Fsp3) is 1.00. The van der Waals surface area contributed by atoms with E-state index in [9.17, 15) is 0 Å².